The lowest BCUT2D eigenvalue weighted by Gasteiger charge is -2.57. The van der Waals surface area contributed by atoms with Crippen molar-refractivity contribution in [1.29, 1.82) is 0 Å². The fourth-order valence-electron chi connectivity index (χ4n) is 6.60. The van der Waals surface area contributed by atoms with E-state index < -0.39 is 9.84 Å². The first-order valence-corrected chi connectivity index (χ1v) is 12.7. The lowest BCUT2D eigenvalue weighted by atomic mass is 9.49. The van der Waals surface area contributed by atoms with Gasteiger partial charge in [-0.3, -0.25) is 4.79 Å². The lowest BCUT2D eigenvalue weighted by molar-refractivity contribution is -0.0564. The standard InChI is InChI=1S/C24H29NO4S/c26-23(25-9-8-24-13-17-10-18(14-24)12-19(11-17)15-24)22-7-6-20(29-22)16-30(27,28)21-4-2-1-3-5-21/h1-7,17-19H,8-16H2,(H,25,26). The number of carbonyl (C=O) groups excluding carboxylic acids is 1. The zero-order chi connectivity index (χ0) is 20.8. The highest BCUT2D eigenvalue weighted by Crippen LogP contribution is 2.61. The third-order valence-corrected chi connectivity index (χ3v) is 9.08. The zero-order valence-corrected chi connectivity index (χ0v) is 18.0. The summed E-state index contributed by atoms with van der Waals surface area (Å²) in [6.45, 7) is 0.656. The molecule has 4 saturated carbocycles. The summed E-state index contributed by atoms with van der Waals surface area (Å²) in [5.74, 6) is 2.67. The molecule has 1 aromatic heterocycles. The topological polar surface area (TPSA) is 76.4 Å². The van der Waals surface area contributed by atoms with E-state index in [1.165, 1.54) is 38.5 Å². The van der Waals surface area contributed by atoms with Crippen LogP contribution in [-0.2, 0) is 15.6 Å². The first-order chi connectivity index (χ1) is 14.4. The number of rotatable bonds is 7. The maximum absolute atomic E-state index is 12.5. The maximum Gasteiger partial charge on any atom is 0.286 e. The molecule has 0 aliphatic heterocycles. The number of sulfone groups is 1. The van der Waals surface area contributed by atoms with Crippen molar-refractivity contribution in [1.82, 2.24) is 5.32 Å². The van der Waals surface area contributed by atoms with Gasteiger partial charge in [-0.2, -0.15) is 0 Å². The van der Waals surface area contributed by atoms with E-state index in [0.717, 1.165) is 24.2 Å². The number of hydrogen-bond acceptors (Lipinski definition) is 4. The van der Waals surface area contributed by atoms with Crippen LogP contribution in [0.15, 0.2) is 51.8 Å². The van der Waals surface area contributed by atoms with E-state index in [2.05, 4.69) is 5.32 Å². The average molecular weight is 428 g/mol. The zero-order valence-electron chi connectivity index (χ0n) is 17.2. The SMILES string of the molecule is O=C(NCCC12CC3CC(CC(C3)C1)C2)c1ccc(CS(=O)(=O)c2ccccc2)o1. The molecule has 5 nitrogen and oxygen atoms in total. The molecule has 4 bridgehead atoms. The van der Waals surface area contributed by atoms with Crippen molar-refractivity contribution in [3.63, 3.8) is 0 Å². The van der Waals surface area contributed by atoms with E-state index in [0.29, 0.717) is 12.0 Å². The highest BCUT2D eigenvalue weighted by Gasteiger charge is 2.50. The molecule has 6 heteroatoms. The smallest absolute Gasteiger partial charge is 0.286 e. The second kappa shape index (κ2) is 7.56. The van der Waals surface area contributed by atoms with Gasteiger partial charge in [0.05, 0.1) is 4.90 Å². The summed E-state index contributed by atoms with van der Waals surface area (Å²) in [7, 11) is -3.49. The quantitative estimate of drug-likeness (QED) is 0.701. The van der Waals surface area contributed by atoms with Crippen molar-refractivity contribution < 1.29 is 17.6 Å². The highest BCUT2D eigenvalue weighted by atomic mass is 32.2. The third-order valence-electron chi connectivity index (χ3n) is 7.43. The second-order valence-electron chi connectivity index (χ2n) is 9.76. The molecule has 0 atom stereocenters. The number of hydrogen-bond donors (Lipinski definition) is 1. The molecule has 1 heterocycles. The summed E-state index contributed by atoms with van der Waals surface area (Å²) in [6.07, 6.45) is 9.30. The van der Waals surface area contributed by atoms with Gasteiger partial charge in [-0.1, -0.05) is 18.2 Å². The van der Waals surface area contributed by atoms with Gasteiger partial charge in [0.25, 0.3) is 5.91 Å². The second-order valence-corrected chi connectivity index (χ2v) is 11.8. The van der Waals surface area contributed by atoms with E-state index in [1.807, 2.05) is 0 Å². The van der Waals surface area contributed by atoms with Crippen LogP contribution in [0.4, 0.5) is 0 Å². The summed E-state index contributed by atoms with van der Waals surface area (Å²) in [4.78, 5) is 12.8. The predicted molar refractivity (Wildman–Crippen MR) is 114 cm³/mol. The Morgan fingerprint density at radius 2 is 1.60 bits per heavy atom. The Morgan fingerprint density at radius 3 is 2.23 bits per heavy atom. The van der Waals surface area contributed by atoms with Crippen molar-refractivity contribution in [2.24, 2.45) is 23.2 Å². The summed E-state index contributed by atoms with van der Waals surface area (Å²) in [5, 5.41) is 3.00. The lowest BCUT2D eigenvalue weighted by Crippen LogP contribution is -2.47. The number of furan rings is 1. The Morgan fingerprint density at radius 1 is 0.967 bits per heavy atom. The van der Waals surface area contributed by atoms with Crippen LogP contribution in [0.1, 0.15) is 61.3 Å². The molecular formula is C24H29NO4S. The molecule has 1 aromatic carbocycles. The molecular weight excluding hydrogens is 398 g/mol. The summed E-state index contributed by atoms with van der Waals surface area (Å²) in [5.41, 5.74) is 0.431. The van der Waals surface area contributed by atoms with Crippen LogP contribution in [-0.4, -0.2) is 20.9 Å². The van der Waals surface area contributed by atoms with Gasteiger partial charge < -0.3 is 9.73 Å². The number of carbonyl (C=O) groups is 1. The molecule has 0 radical (unpaired) electrons. The molecule has 4 aliphatic carbocycles. The number of amides is 1. The average Bonchev–Trinajstić information content (AvgIpc) is 3.15. The molecule has 0 spiro atoms. The van der Waals surface area contributed by atoms with Crippen molar-refractivity contribution >= 4 is 15.7 Å². The maximum atomic E-state index is 12.5. The van der Waals surface area contributed by atoms with Crippen molar-refractivity contribution in [3.05, 3.63) is 54.0 Å². The normalized spacial score (nSPS) is 29.8. The summed E-state index contributed by atoms with van der Waals surface area (Å²) in [6, 6.07) is 11.4. The first-order valence-electron chi connectivity index (χ1n) is 11.1. The van der Waals surface area contributed by atoms with Crippen LogP contribution >= 0.6 is 0 Å². The summed E-state index contributed by atoms with van der Waals surface area (Å²) >= 11 is 0. The third kappa shape index (κ3) is 3.94. The van der Waals surface area contributed by atoms with Crippen LogP contribution in [0.3, 0.4) is 0 Å². The molecule has 4 fully saturated rings. The van der Waals surface area contributed by atoms with Gasteiger partial charge in [-0.05, 0) is 92.4 Å². The Balaban J connectivity index is 1.17. The fraction of sp³-hybridized carbons (Fsp3) is 0.542. The van der Waals surface area contributed by atoms with Crippen LogP contribution in [0.25, 0.3) is 0 Å². The predicted octanol–water partition coefficient (Wildman–Crippen LogP) is 4.59. The van der Waals surface area contributed by atoms with Gasteiger partial charge in [0, 0.05) is 6.54 Å². The van der Waals surface area contributed by atoms with E-state index in [4.69, 9.17) is 4.42 Å². The van der Waals surface area contributed by atoms with Gasteiger partial charge in [-0.25, -0.2) is 8.42 Å². The van der Waals surface area contributed by atoms with E-state index in [9.17, 15) is 13.2 Å². The molecule has 0 unspecified atom stereocenters. The first kappa shape index (κ1) is 19.9. The Labute approximate surface area is 178 Å². The van der Waals surface area contributed by atoms with E-state index in [-0.39, 0.29) is 28.1 Å². The number of benzene rings is 1. The Hall–Kier alpha value is -2.08. The van der Waals surface area contributed by atoms with Crippen molar-refractivity contribution in [2.75, 3.05) is 6.54 Å². The van der Waals surface area contributed by atoms with Crippen LogP contribution in [0.5, 0.6) is 0 Å². The molecule has 1 amide bonds. The highest BCUT2D eigenvalue weighted by molar-refractivity contribution is 7.90. The fourth-order valence-corrected chi connectivity index (χ4v) is 7.87. The van der Waals surface area contributed by atoms with Gasteiger partial charge >= 0.3 is 0 Å². The van der Waals surface area contributed by atoms with Gasteiger partial charge in [0.15, 0.2) is 15.6 Å². The van der Waals surface area contributed by atoms with Gasteiger partial charge in [-0.15, -0.1) is 0 Å². The van der Waals surface area contributed by atoms with Gasteiger partial charge in [0.1, 0.15) is 11.5 Å². The molecule has 4 aliphatic rings. The van der Waals surface area contributed by atoms with Crippen molar-refractivity contribution in [2.45, 2.75) is 55.6 Å². The Bertz CT molecular complexity index is 989. The molecule has 30 heavy (non-hydrogen) atoms. The minimum Gasteiger partial charge on any atom is -0.455 e. The molecule has 0 saturated heterocycles. The van der Waals surface area contributed by atoms with E-state index in [1.54, 1.807) is 42.5 Å². The van der Waals surface area contributed by atoms with E-state index >= 15 is 0 Å². The van der Waals surface area contributed by atoms with Gasteiger partial charge in [0.2, 0.25) is 0 Å². The minimum atomic E-state index is -3.49. The Kier molecular flexibility index (Phi) is 5.00. The monoisotopic (exact) mass is 427 g/mol. The molecule has 2 aromatic rings. The molecule has 1 N–H and O–H groups in total. The minimum absolute atomic E-state index is 0.179. The number of nitrogens with one attached hydrogen (secondary N) is 1. The van der Waals surface area contributed by atoms with Crippen molar-refractivity contribution in [3.8, 4) is 0 Å². The largest absolute Gasteiger partial charge is 0.455 e. The molecule has 6 rings (SSSR count). The van der Waals surface area contributed by atoms with Crippen LogP contribution in [0, 0.1) is 23.2 Å². The summed E-state index contributed by atoms with van der Waals surface area (Å²) < 4.78 is 30.6. The molecule has 160 valence electrons. The van der Waals surface area contributed by atoms with Crippen LogP contribution in [0.2, 0.25) is 0 Å². The van der Waals surface area contributed by atoms with Crippen LogP contribution < -0.4 is 5.32 Å².